The van der Waals surface area contributed by atoms with Crippen LogP contribution >= 0.6 is 15.9 Å². The van der Waals surface area contributed by atoms with Crippen molar-refractivity contribution in [1.82, 2.24) is 0 Å². The summed E-state index contributed by atoms with van der Waals surface area (Å²) in [5, 5.41) is 0.849. The van der Waals surface area contributed by atoms with E-state index in [9.17, 15) is 0 Å². The van der Waals surface area contributed by atoms with Gasteiger partial charge in [0.15, 0.2) is 0 Å². The Labute approximate surface area is 93.4 Å². The van der Waals surface area contributed by atoms with E-state index in [0.29, 0.717) is 6.61 Å². The smallest absolute Gasteiger partial charge is 0.119 e. The molecule has 1 aromatic rings. The number of hydrogen-bond donors (Lipinski definition) is 0. The molecule has 78 valence electrons. The Hall–Kier alpha value is -0.540. The second kappa shape index (κ2) is 6.85. The van der Waals surface area contributed by atoms with Crippen LogP contribution in [0, 0.1) is 0 Å². The van der Waals surface area contributed by atoms with Gasteiger partial charge in [0.25, 0.3) is 0 Å². The highest BCUT2D eigenvalue weighted by Gasteiger charge is 2.04. The fourth-order valence-electron chi connectivity index (χ4n) is 1.08. The minimum atomic E-state index is 0.235. The lowest BCUT2D eigenvalue weighted by molar-refractivity contribution is 0.0999. The average molecular weight is 259 g/mol. The minimum absolute atomic E-state index is 0.235. The van der Waals surface area contributed by atoms with E-state index in [0.717, 1.165) is 17.5 Å². The van der Waals surface area contributed by atoms with Crippen LogP contribution in [0.15, 0.2) is 30.3 Å². The summed E-state index contributed by atoms with van der Waals surface area (Å²) in [5.41, 5.74) is 0. The minimum Gasteiger partial charge on any atom is -0.493 e. The molecule has 0 fully saturated rings. The molecule has 0 radical (unpaired) electrons. The lowest BCUT2D eigenvalue weighted by Crippen LogP contribution is -2.16. The Kier molecular flexibility index (Phi) is 5.64. The van der Waals surface area contributed by atoms with Crippen LogP contribution in [0.4, 0.5) is 0 Å². The maximum Gasteiger partial charge on any atom is 0.119 e. The lowest BCUT2D eigenvalue weighted by atomic mass is 10.3. The van der Waals surface area contributed by atoms with E-state index in [1.807, 2.05) is 30.3 Å². The molecule has 0 heterocycles. The van der Waals surface area contributed by atoms with Crippen molar-refractivity contribution in [3.8, 4) is 5.75 Å². The fourth-order valence-corrected chi connectivity index (χ4v) is 1.67. The van der Waals surface area contributed by atoms with Crippen LogP contribution in [-0.4, -0.2) is 25.2 Å². The molecular weight excluding hydrogens is 244 g/mol. The molecule has 0 saturated carbocycles. The Bertz CT molecular complexity index is 234. The quantitative estimate of drug-likeness (QED) is 0.731. The van der Waals surface area contributed by atoms with Gasteiger partial charge < -0.3 is 9.47 Å². The molecule has 0 amide bonds. The molecule has 2 nitrogen and oxygen atoms in total. The highest BCUT2D eigenvalue weighted by atomic mass is 79.9. The van der Waals surface area contributed by atoms with Crippen LogP contribution in [-0.2, 0) is 4.74 Å². The molecule has 0 aliphatic heterocycles. The Morgan fingerprint density at radius 3 is 2.57 bits per heavy atom. The summed E-state index contributed by atoms with van der Waals surface area (Å²) >= 11 is 3.38. The third-order valence-corrected chi connectivity index (χ3v) is 2.68. The van der Waals surface area contributed by atoms with Gasteiger partial charge in [-0.1, -0.05) is 34.1 Å². The number of ether oxygens (including phenoxy) is 2. The molecule has 1 unspecified atom stereocenters. The summed E-state index contributed by atoms with van der Waals surface area (Å²) in [6, 6.07) is 9.82. The van der Waals surface area contributed by atoms with Crippen molar-refractivity contribution < 1.29 is 9.47 Å². The first-order valence-corrected chi connectivity index (χ1v) is 5.75. The molecule has 0 saturated heterocycles. The summed E-state index contributed by atoms with van der Waals surface area (Å²) in [5.74, 6) is 0.914. The van der Waals surface area contributed by atoms with E-state index in [-0.39, 0.29) is 6.10 Å². The van der Waals surface area contributed by atoms with Gasteiger partial charge in [-0.05, 0) is 12.1 Å². The molecule has 0 aliphatic carbocycles. The van der Waals surface area contributed by atoms with Crippen LogP contribution in [0.5, 0.6) is 5.75 Å². The van der Waals surface area contributed by atoms with E-state index in [1.54, 1.807) is 7.11 Å². The Morgan fingerprint density at radius 1 is 1.29 bits per heavy atom. The number of methoxy groups -OCH3 is 1. The van der Waals surface area contributed by atoms with E-state index < -0.39 is 0 Å². The van der Waals surface area contributed by atoms with Gasteiger partial charge in [-0.2, -0.15) is 0 Å². The second-order valence-corrected chi connectivity index (χ2v) is 3.61. The first kappa shape index (κ1) is 11.5. The molecule has 1 rings (SSSR count). The number of para-hydroxylation sites is 1. The van der Waals surface area contributed by atoms with Crippen LogP contribution in [0.2, 0.25) is 0 Å². The first-order chi connectivity index (χ1) is 6.86. The van der Waals surface area contributed by atoms with Crippen molar-refractivity contribution in [1.29, 1.82) is 0 Å². The fraction of sp³-hybridized carbons (Fsp3) is 0.455. The molecular formula is C11H15BrO2. The number of alkyl halides is 1. The van der Waals surface area contributed by atoms with Gasteiger partial charge >= 0.3 is 0 Å². The van der Waals surface area contributed by atoms with Crippen LogP contribution in [0.1, 0.15) is 6.42 Å². The standard InChI is InChI=1S/C11H15BrO2/c1-13-11(9-12)7-8-14-10-5-3-2-4-6-10/h2-6,11H,7-9H2,1H3. The van der Waals surface area contributed by atoms with Crippen molar-refractivity contribution in [2.45, 2.75) is 12.5 Å². The molecule has 3 heteroatoms. The summed E-state index contributed by atoms with van der Waals surface area (Å²) < 4.78 is 10.7. The van der Waals surface area contributed by atoms with Gasteiger partial charge in [0.2, 0.25) is 0 Å². The van der Waals surface area contributed by atoms with Gasteiger partial charge in [0.05, 0.1) is 12.7 Å². The maximum absolute atomic E-state index is 5.54. The molecule has 1 aromatic carbocycles. The van der Waals surface area contributed by atoms with Crippen molar-refractivity contribution in [2.24, 2.45) is 0 Å². The number of halogens is 1. The summed E-state index contributed by atoms with van der Waals surface area (Å²) in [4.78, 5) is 0. The van der Waals surface area contributed by atoms with E-state index in [2.05, 4.69) is 15.9 Å². The number of rotatable bonds is 6. The highest BCUT2D eigenvalue weighted by molar-refractivity contribution is 9.09. The van der Waals surface area contributed by atoms with E-state index in [4.69, 9.17) is 9.47 Å². The lowest BCUT2D eigenvalue weighted by Gasteiger charge is -2.12. The molecule has 14 heavy (non-hydrogen) atoms. The number of benzene rings is 1. The molecule has 0 aromatic heterocycles. The largest absolute Gasteiger partial charge is 0.493 e. The topological polar surface area (TPSA) is 18.5 Å². The Morgan fingerprint density at radius 2 is 2.00 bits per heavy atom. The van der Waals surface area contributed by atoms with Gasteiger partial charge in [-0.25, -0.2) is 0 Å². The van der Waals surface area contributed by atoms with Gasteiger partial charge in [-0.3, -0.25) is 0 Å². The van der Waals surface area contributed by atoms with Crippen molar-refractivity contribution in [3.05, 3.63) is 30.3 Å². The monoisotopic (exact) mass is 258 g/mol. The molecule has 0 N–H and O–H groups in total. The van der Waals surface area contributed by atoms with E-state index in [1.165, 1.54) is 0 Å². The summed E-state index contributed by atoms with van der Waals surface area (Å²) in [7, 11) is 1.72. The van der Waals surface area contributed by atoms with Crippen LogP contribution in [0.25, 0.3) is 0 Å². The van der Waals surface area contributed by atoms with Crippen molar-refractivity contribution in [2.75, 3.05) is 19.0 Å². The zero-order chi connectivity index (χ0) is 10.2. The molecule has 0 aliphatic rings. The predicted octanol–water partition coefficient (Wildman–Crippen LogP) is 2.87. The van der Waals surface area contributed by atoms with Gasteiger partial charge in [0, 0.05) is 18.9 Å². The number of hydrogen-bond acceptors (Lipinski definition) is 2. The molecule has 1 atom stereocenters. The highest BCUT2D eigenvalue weighted by Crippen LogP contribution is 2.09. The van der Waals surface area contributed by atoms with Gasteiger partial charge in [-0.15, -0.1) is 0 Å². The zero-order valence-corrected chi connectivity index (χ0v) is 9.87. The molecule has 0 bridgehead atoms. The van der Waals surface area contributed by atoms with Crippen LogP contribution in [0.3, 0.4) is 0 Å². The zero-order valence-electron chi connectivity index (χ0n) is 8.28. The first-order valence-electron chi connectivity index (χ1n) is 4.63. The average Bonchev–Trinajstić information content (AvgIpc) is 2.26. The van der Waals surface area contributed by atoms with Gasteiger partial charge in [0.1, 0.15) is 5.75 Å². The molecule has 0 spiro atoms. The van der Waals surface area contributed by atoms with Crippen molar-refractivity contribution >= 4 is 15.9 Å². The third-order valence-electron chi connectivity index (χ3n) is 1.96. The summed E-state index contributed by atoms with van der Waals surface area (Å²) in [6.07, 6.45) is 1.13. The normalized spacial score (nSPS) is 12.4. The maximum atomic E-state index is 5.54. The predicted molar refractivity (Wildman–Crippen MR) is 61.1 cm³/mol. The van der Waals surface area contributed by atoms with Crippen LogP contribution < -0.4 is 4.74 Å². The Balaban J connectivity index is 2.21. The SMILES string of the molecule is COC(CBr)CCOc1ccccc1. The third kappa shape index (κ3) is 4.11. The second-order valence-electron chi connectivity index (χ2n) is 2.96. The summed E-state index contributed by atoms with van der Waals surface area (Å²) in [6.45, 7) is 0.689. The van der Waals surface area contributed by atoms with E-state index >= 15 is 0 Å². The van der Waals surface area contributed by atoms with Crippen molar-refractivity contribution in [3.63, 3.8) is 0 Å².